The molecule has 2 aromatic heterocycles. The van der Waals surface area contributed by atoms with Crippen LogP contribution >= 0.6 is 0 Å². The average molecular weight is 434 g/mol. The lowest BCUT2D eigenvalue weighted by atomic mass is 9.48. The van der Waals surface area contributed by atoms with E-state index < -0.39 is 0 Å². The quantitative estimate of drug-likeness (QED) is 0.329. The summed E-state index contributed by atoms with van der Waals surface area (Å²) in [5.74, 6) is 2.55. The zero-order chi connectivity index (χ0) is 22.3. The molecule has 3 heteroatoms. The molecule has 0 atom stereocenters. The third-order valence-corrected chi connectivity index (χ3v) is 9.00. The van der Waals surface area contributed by atoms with Gasteiger partial charge in [0.2, 0.25) is 5.69 Å². The van der Waals surface area contributed by atoms with Crippen LogP contribution in [0.15, 0.2) is 53.1 Å². The molecular formula is C30H29N2O+. The van der Waals surface area contributed by atoms with Crippen LogP contribution in [-0.4, -0.2) is 0 Å². The lowest BCUT2D eigenvalue weighted by molar-refractivity contribution is -0.660. The maximum absolute atomic E-state index is 9.94. The maximum atomic E-state index is 9.94. The van der Waals surface area contributed by atoms with Crippen molar-refractivity contribution in [3.63, 3.8) is 0 Å². The molecule has 0 N–H and O–H groups in total. The Labute approximate surface area is 194 Å². The van der Waals surface area contributed by atoms with Crippen LogP contribution in [0.3, 0.4) is 0 Å². The largest absolute Gasteiger partial charge is 0.455 e. The first kappa shape index (κ1) is 19.4. The molecule has 4 aliphatic rings. The van der Waals surface area contributed by atoms with Crippen molar-refractivity contribution in [2.45, 2.75) is 50.9 Å². The summed E-state index contributed by atoms with van der Waals surface area (Å²) in [4.78, 5) is 0. The summed E-state index contributed by atoms with van der Waals surface area (Å²) < 4.78 is 9.03. The zero-order valence-corrected chi connectivity index (χ0v) is 19.4. The van der Waals surface area contributed by atoms with Crippen LogP contribution in [0.5, 0.6) is 0 Å². The first-order valence-corrected chi connectivity index (χ1v) is 12.4. The number of hydrogen-bond acceptors (Lipinski definition) is 2. The molecule has 0 radical (unpaired) electrons. The molecule has 4 saturated carbocycles. The molecule has 4 fully saturated rings. The smallest absolute Gasteiger partial charge is 0.216 e. The van der Waals surface area contributed by atoms with E-state index in [2.05, 4.69) is 73.3 Å². The van der Waals surface area contributed by atoms with Gasteiger partial charge in [-0.3, -0.25) is 0 Å². The van der Waals surface area contributed by atoms with Gasteiger partial charge in [-0.15, -0.1) is 0 Å². The van der Waals surface area contributed by atoms with Crippen molar-refractivity contribution >= 4 is 21.9 Å². The lowest BCUT2D eigenvalue weighted by Gasteiger charge is -2.57. The Morgan fingerprint density at radius 3 is 2.33 bits per heavy atom. The molecule has 2 aromatic carbocycles. The van der Waals surface area contributed by atoms with Crippen LogP contribution in [-0.2, 0) is 12.5 Å². The SMILES string of the molecule is Cc1ccc2c(oc3c(C45CC6CC(CC(C6)C4)C5)cc(C#N)cc32)c1-c1cccc[n+]1C. The Bertz CT molecular complexity index is 1450. The molecule has 4 bridgehead atoms. The summed E-state index contributed by atoms with van der Waals surface area (Å²) in [5, 5.41) is 12.2. The minimum Gasteiger partial charge on any atom is -0.455 e. The molecule has 2 heterocycles. The van der Waals surface area contributed by atoms with Crippen LogP contribution < -0.4 is 4.57 Å². The van der Waals surface area contributed by atoms with Gasteiger partial charge in [-0.1, -0.05) is 12.1 Å². The van der Waals surface area contributed by atoms with Gasteiger partial charge in [0.15, 0.2) is 6.20 Å². The van der Waals surface area contributed by atoms with Crippen molar-refractivity contribution in [1.82, 2.24) is 0 Å². The number of rotatable bonds is 2. The highest BCUT2D eigenvalue weighted by molar-refractivity contribution is 6.11. The highest BCUT2D eigenvalue weighted by atomic mass is 16.3. The fourth-order valence-electron chi connectivity index (χ4n) is 8.04. The van der Waals surface area contributed by atoms with E-state index in [1.807, 2.05) is 0 Å². The molecule has 4 aromatic rings. The van der Waals surface area contributed by atoms with E-state index in [0.717, 1.165) is 56.5 Å². The summed E-state index contributed by atoms with van der Waals surface area (Å²) in [6.07, 6.45) is 10.1. The standard InChI is InChI=1S/C30H29N2O/c1-18-6-7-23-24-12-22(17-31)13-25(30-14-19-9-20(15-30)11-21(10-19)16-30)28(24)33-29(23)27(18)26-5-3-4-8-32(26)2/h3-8,12-13,19-21H,9-11,14-16H2,1-2H3/q+1. The number of furan rings is 1. The molecular weight excluding hydrogens is 404 g/mol. The molecule has 4 aliphatic carbocycles. The van der Waals surface area contributed by atoms with Gasteiger partial charge in [-0.05, 0) is 92.4 Å². The summed E-state index contributed by atoms with van der Waals surface area (Å²) in [7, 11) is 2.09. The highest BCUT2D eigenvalue weighted by Gasteiger charge is 2.52. The highest BCUT2D eigenvalue weighted by Crippen LogP contribution is 2.62. The lowest BCUT2D eigenvalue weighted by Crippen LogP contribution is -2.48. The second-order valence-electron chi connectivity index (χ2n) is 11.1. The molecule has 3 nitrogen and oxygen atoms in total. The zero-order valence-electron chi connectivity index (χ0n) is 19.4. The van der Waals surface area contributed by atoms with Gasteiger partial charge in [0.05, 0.1) is 17.2 Å². The van der Waals surface area contributed by atoms with Crippen molar-refractivity contribution in [2.24, 2.45) is 24.8 Å². The fourth-order valence-corrected chi connectivity index (χ4v) is 8.04. The number of aryl methyl sites for hydroxylation is 2. The summed E-state index contributed by atoms with van der Waals surface area (Å²) >= 11 is 0. The van der Waals surface area contributed by atoms with Crippen molar-refractivity contribution in [2.75, 3.05) is 0 Å². The monoisotopic (exact) mass is 433 g/mol. The van der Waals surface area contributed by atoms with Crippen molar-refractivity contribution in [3.8, 4) is 17.3 Å². The van der Waals surface area contributed by atoms with Crippen molar-refractivity contribution in [1.29, 1.82) is 5.26 Å². The number of hydrogen-bond donors (Lipinski definition) is 0. The number of fused-ring (bicyclic) bond motifs is 3. The van der Waals surface area contributed by atoms with E-state index in [0.29, 0.717) is 0 Å². The summed E-state index contributed by atoms with van der Waals surface area (Å²) in [6, 6.07) is 17.4. The van der Waals surface area contributed by atoms with E-state index in [-0.39, 0.29) is 5.41 Å². The molecule has 0 spiro atoms. The topological polar surface area (TPSA) is 40.8 Å². The Morgan fingerprint density at radius 2 is 1.67 bits per heavy atom. The fraction of sp³-hybridized carbons (Fsp3) is 0.400. The van der Waals surface area contributed by atoms with Crippen LogP contribution in [0.2, 0.25) is 0 Å². The van der Waals surface area contributed by atoms with Gasteiger partial charge in [0, 0.05) is 28.5 Å². The number of nitrogens with zero attached hydrogens (tertiary/aromatic N) is 2. The normalized spacial score (nSPS) is 28.0. The Balaban J connectivity index is 1.54. The molecule has 0 aliphatic heterocycles. The molecule has 33 heavy (non-hydrogen) atoms. The van der Waals surface area contributed by atoms with Crippen LogP contribution in [0, 0.1) is 36.0 Å². The molecule has 0 amide bonds. The van der Waals surface area contributed by atoms with Gasteiger partial charge >= 0.3 is 0 Å². The van der Waals surface area contributed by atoms with Crippen molar-refractivity contribution < 1.29 is 8.98 Å². The average Bonchev–Trinajstić information content (AvgIpc) is 3.16. The van der Waals surface area contributed by atoms with E-state index in [1.165, 1.54) is 49.7 Å². The second kappa shape index (κ2) is 6.70. The number of pyridine rings is 1. The van der Waals surface area contributed by atoms with Crippen LogP contribution in [0.25, 0.3) is 33.2 Å². The second-order valence-corrected chi connectivity index (χ2v) is 11.1. The van der Waals surface area contributed by atoms with Gasteiger partial charge in [0.25, 0.3) is 0 Å². The first-order chi connectivity index (χ1) is 16.0. The van der Waals surface area contributed by atoms with Gasteiger partial charge in [-0.2, -0.15) is 5.26 Å². The molecule has 0 saturated heterocycles. The van der Waals surface area contributed by atoms with E-state index >= 15 is 0 Å². The third kappa shape index (κ3) is 2.70. The van der Waals surface area contributed by atoms with Gasteiger partial charge in [0.1, 0.15) is 18.2 Å². The number of aromatic nitrogens is 1. The first-order valence-electron chi connectivity index (χ1n) is 12.4. The van der Waals surface area contributed by atoms with Crippen molar-refractivity contribution in [3.05, 3.63) is 65.4 Å². The predicted molar refractivity (Wildman–Crippen MR) is 130 cm³/mol. The number of nitriles is 1. The van der Waals surface area contributed by atoms with Crippen LogP contribution in [0.4, 0.5) is 0 Å². The molecule has 8 rings (SSSR count). The van der Waals surface area contributed by atoms with Gasteiger partial charge in [-0.25, -0.2) is 4.57 Å². The molecule has 164 valence electrons. The third-order valence-electron chi connectivity index (χ3n) is 9.00. The minimum atomic E-state index is 0.181. The minimum absolute atomic E-state index is 0.181. The summed E-state index contributed by atoms with van der Waals surface area (Å²) in [6.45, 7) is 2.16. The predicted octanol–water partition coefficient (Wildman–Crippen LogP) is 6.73. The Morgan fingerprint density at radius 1 is 0.939 bits per heavy atom. The van der Waals surface area contributed by atoms with E-state index in [4.69, 9.17) is 4.42 Å². The maximum Gasteiger partial charge on any atom is 0.216 e. The van der Waals surface area contributed by atoms with E-state index in [9.17, 15) is 5.26 Å². The Kier molecular flexibility index (Phi) is 3.93. The van der Waals surface area contributed by atoms with E-state index in [1.54, 1.807) is 0 Å². The van der Waals surface area contributed by atoms with Gasteiger partial charge < -0.3 is 4.42 Å². The van der Waals surface area contributed by atoms with Crippen LogP contribution in [0.1, 0.15) is 55.2 Å². The molecule has 0 unspecified atom stereocenters. The Hall–Kier alpha value is -3.12. The number of benzene rings is 2. The summed E-state index contributed by atoms with van der Waals surface area (Å²) in [5.41, 5.74) is 7.75.